The van der Waals surface area contributed by atoms with Crippen LogP contribution in [0.3, 0.4) is 0 Å². The van der Waals surface area contributed by atoms with E-state index in [4.69, 9.17) is 22.1 Å². The van der Waals surface area contributed by atoms with Gasteiger partial charge in [-0.1, -0.05) is 23.7 Å². The molecule has 1 saturated heterocycles. The van der Waals surface area contributed by atoms with Gasteiger partial charge in [0.05, 0.1) is 18.2 Å². The first kappa shape index (κ1) is 17.9. The van der Waals surface area contributed by atoms with Crippen molar-refractivity contribution in [3.8, 4) is 5.75 Å². The van der Waals surface area contributed by atoms with Gasteiger partial charge in [0.2, 0.25) is 0 Å². The fourth-order valence-corrected chi connectivity index (χ4v) is 4.25. The number of nitrogens with two attached hydrogens (primary N) is 1. The normalized spacial score (nSPS) is 24.3. The summed E-state index contributed by atoms with van der Waals surface area (Å²) in [6.07, 6.45) is 11.2. The second-order valence-corrected chi connectivity index (χ2v) is 8.11. The Balaban J connectivity index is 1.53. The SMILES string of the molecule is COc1cc(C2C=C(CN3CCC(N)CC3)C=CN2)cc(C2CC2)c1Cl. The molecular weight excluding hydrogens is 346 g/mol. The molecular formula is C21H28ClN3O. The summed E-state index contributed by atoms with van der Waals surface area (Å²) < 4.78 is 5.53. The van der Waals surface area contributed by atoms with Gasteiger partial charge in [-0.25, -0.2) is 0 Å². The Kier molecular flexibility index (Phi) is 5.25. The number of ether oxygens (including phenoxy) is 1. The van der Waals surface area contributed by atoms with Gasteiger partial charge in [0.15, 0.2) is 0 Å². The summed E-state index contributed by atoms with van der Waals surface area (Å²) in [4.78, 5) is 2.50. The molecule has 1 saturated carbocycles. The zero-order valence-corrected chi connectivity index (χ0v) is 16.1. The number of nitrogens with one attached hydrogen (secondary N) is 1. The third-order valence-electron chi connectivity index (χ3n) is 5.68. The molecule has 2 aliphatic heterocycles. The molecule has 26 heavy (non-hydrogen) atoms. The molecule has 2 fully saturated rings. The van der Waals surface area contributed by atoms with Gasteiger partial charge in [0.25, 0.3) is 0 Å². The first-order chi connectivity index (χ1) is 12.6. The lowest BCUT2D eigenvalue weighted by atomic mass is 9.97. The number of hydrogen-bond donors (Lipinski definition) is 2. The van der Waals surface area contributed by atoms with Gasteiger partial charge < -0.3 is 15.8 Å². The number of hydrogen-bond acceptors (Lipinski definition) is 4. The van der Waals surface area contributed by atoms with Crippen LogP contribution in [0.4, 0.5) is 0 Å². The van der Waals surface area contributed by atoms with Crippen molar-refractivity contribution in [2.45, 2.75) is 43.7 Å². The van der Waals surface area contributed by atoms with Crippen molar-refractivity contribution < 1.29 is 4.74 Å². The first-order valence-corrected chi connectivity index (χ1v) is 10.0. The molecule has 0 bridgehead atoms. The molecule has 4 rings (SSSR count). The van der Waals surface area contributed by atoms with Gasteiger partial charge in [0, 0.05) is 12.6 Å². The topological polar surface area (TPSA) is 50.5 Å². The molecule has 1 unspecified atom stereocenters. The highest BCUT2D eigenvalue weighted by Gasteiger charge is 2.29. The Hall–Kier alpha value is -1.49. The highest BCUT2D eigenvalue weighted by molar-refractivity contribution is 6.33. The van der Waals surface area contributed by atoms with Gasteiger partial charge in [-0.05, 0) is 79.7 Å². The smallest absolute Gasteiger partial charge is 0.138 e. The zero-order chi connectivity index (χ0) is 18.1. The Labute approximate surface area is 161 Å². The molecule has 5 heteroatoms. The maximum absolute atomic E-state index is 6.53. The monoisotopic (exact) mass is 373 g/mol. The molecule has 1 atom stereocenters. The molecule has 4 nitrogen and oxygen atoms in total. The van der Waals surface area contributed by atoms with Crippen LogP contribution in [-0.4, -0.2) is 37.7 Å². The van der Waals surface area contributed by atoms with E-state index < -0.39 is 0 Å². The molecule has 2 heterocycles. The van der Waals surface area contributed by atoms with Crippen LogP contribution >= 0.6 is 11.6 Å². The van der Waals surface area contributed by atoms with Crippen molar-refractivity contribution in [1.82, 2.24) is 10.2 Å². The predicted molar refractivity (Wildman–Crippen MR) is 107 cm³/mol. The highest BCUT2D eigenvalue weighted by Crippen LogP contribution is 2.47. The minimum atomic E-state index is 0.158. The maximum Gasteiger partial charge on any atom is 0.138 e. The fraction of sp³-hybridized carbons (Fsp3) is 0.524. The Morgan fingerprint density at radius 2 is 2.00 bits per heavy atom. The molecule has 1 aromatic rings. The predicted octanol–water partition coefficient (Wildman–Crippen LogP) is 3.73. The standard InChI is InChI=1S/C21H28ClN3O/c1-26-20-12-16(11-18(21(20)22)15-2-3-15)19-10-14(4-7-24-19)13-25-8-5-17(23)6-9-25/h4,7,10-12,15,17,19,24H,2-3,5-6,8-9,13,23H2,1H3. The fourth-order valence-electron chi connectivity index (χ4n) is 3.90. The van der Waals surface area contributed by atoms with Crippen LogP contribution in [0.2, 0.25) is 5.02 Å². The molecule has 0 radical (unpaired) electrons. The zero-order valence-electron chi connectivity index (χ0n) is 15.4. The van der Waals surface area contributed by atoms with Crippen molar-refractivity contribution >= 4 is 11.6 Å². The van der Waals surface area contributed by atoms with E-state index in [1.807, 2.05) is 0 Å². The van der Waals surface area contributed by atoms with E-state index in [1.54, 1.807) is 7.11 Å². The van der Waals surface area contributed by atoms with Crippen LogP contribution in [0.25, 0.3) is 0 Å². The summed E-state index contributed by atoms with van der Waals surface area (Å²) in [5.74, 6) is 1.37. The highest BCUT2D eigenvalue weighted by atomic mass is 35.5. The molecule has 0 spiro atoms. The summed E-state index contributed by atoms with van der Waals surface area (Å²) in [6, 6.07) is 4.86. The van der Waals surface area contributed by atoms with Crippen LogP contribution in [0.15, 0.2) is 36.1 Å². The third-order valence-corrected chi connectivity index (χ3v) is 6.08. The minimum absolute atomic E-state index is 0.158. The lowest BCUT2D eigenvalue weighted by molar-refractivity contribution is 0.230. The largest absolute Gasteiger partial charge is 0.495 e. The first-order valence-electron chi connectivity index (χ1n) is 9.62. The van der Waals surface area contributed by atoms with Crippen molar-refractivity contribution in [2.75, 3.05) is 26.7 Å². The van der Waals surface area contributed by atoms with E-state index >= 15 is 0 Å². The second kappa shape index (κ2) is 7.63. The molecule has 0 amide bonds. The van der Waals surface area contributed by atoms with Crippen LogP contribution in [-0.2, 0) is 0 Å². The number of dihydropyridines is 1. The molecule has 0 aromatic heterocycles. The number of likely N-dealkylation sites (tertiary alicyclic amines) is 1. The van der Waals surface area contributed by atoms with Gasteiger partial charge in [-0.2, -0.15) is 0 Å². The van der Waals surface area contributed by atoms with E-state index in [-0.39, 0.29) is 6.04 Å². The Morgan fingerprint density at radius 1 is 1.23 bits per heavy atom. The van der Waals surface area contributed by atoms with Crippen LogP contribution in [0, 0.1) is 0 Å². The quantitative estimate of drug-likeness (QED) is 0.825. The lowest BCUT2D eigenvalue weighted by Gasteiger charge is -2.31. The summed E-state index contributed by atoms with van der Waals surface area (Å²) in [5.41, 5.74) is 9.83. The van der Waals surface area contributed by atoms with Crippen LogP contribution in [0.5, 0.6) is 5.75 Å². The average molecular weight is 374 g/mol. The van der Waals surface area contributed by atoms with Gasteiger partial charge in [0.1, 0.15) is 5.75 Å². The summed E-state index contributed by atoms with van der Waals surface area (Å²) in [6.45, 7) is 3.16. The van der Waals surface area contributed by atoms with E-state index in [0.29, 0.717) is 12.0 Å². The number of piperidine rings is 1. The van der Waals surface area contributed by atoms with Crippen LogP contribution < -0.4 is 15.8 Å². The second-order valence-electron chi connectivity index (χ2n) is 7.73. The number of methoxy groups -OCH3 is 1. The van der Waals surface area contributed by atoms with E-state index in [0.717, 1.165) is 43.2 Å². The Bertz CT molecular complexity index is 718. The minimum Gasteiger partial charge on any atom is -0.495 e. The third kappa shape index (κ3) is 3.93. The maximum atomic E-state index is 6.53. The van der Waals surface area contributed by atoms with Crippen molar-refractivity contribution in [3.63, 3.8) is 0 Å². The lowest BCUT2D eigenvalue weighted by Crippen LogP contribution is -2.40. The van der Waals surface area contributed by atoms with Gasteiger partial charge >= 0.3 is 0 Å². The average Bonchev–Trinajstić information content (AvgIpc) is 3.49. The van der Waals surface area contributed by atoms with Crippen molar-refractivity contribution in [2.24, 2.45) is 5.73 Å². The van der Waals surface area contributed by atoms with Gasteiger partial charge in [-0.3, -0.25) is 4.90 Å². The molecule has 140 valence electrons. The van der Waals surface area contributed by atoms with Crippen molar-refractivity contribution in [3.05, 3.63) is 52.2 Å². The molecule has 3 N–H and O–H groups in total. The van der Waals surface area contributed by atoms with Gasteiger partial charge in [-0.15, -0.1) is 0 Å². The van der Waals surface area contributed by atoms with E-state index in [1.165, 1.54) is 29.5 Å². The van der Waals surface area contributed by atoms with Crippen LogP contribution in [0.1, 0.15) is 48.8 Å². The number of rotatable bonds is 5. The molecule has 1 aliphatic carbocycles. The van der Waals surface area contributed by atoms with E-state index in [9.17, 15) is 0 Å². The number of halogens is 1. The van der Waals surface area contributed by atoms with E-state index in [2.05, 4.69) is 40.7 Å². The molecule has 1 aromatic carbocycles. The Morgan fingerprint density at radius 3 is 2.69 bits per heavy atom. The summed E-state index contributed by atoms with van der Waals surface area (Å²) in [7, 11) is 1.69. The van der Waals surface area contributed by atoms with Crippen molar-refractivity contribution in [1.29, 1.82) is 0 Å². The number of benzene rings is 1. The summed E-state index contributed by atoms with van der Waals surface area (Å²) >= 11 is 6.53. The number of nitrogens with zero attached hydrogens (tertiary/aromatic N) is 1. The molecule has 3 aliphatic rings. The summed E-state index contributed by atoms with van der Waals surface area (Å²) in [5, 5.41) is 4.25.